The molecule has 2 heterocycles. The van der Waals surface area contributed by atoms with Crippen LogP contribution in [0.4, 0.5) is 0 Å². The van der Waals surface area contributed by atoms with Gasteiger partial charge in [-0.2, -0.15) is 0 Å². The molecule has 1 aromatic heterocycles. The lowest BCUT2D eigenvalue weighted by Gasteiger charge is -2.22. The Morgan fingerprint density at radius 3 is 2.43 bits per heavy atom. The SMILES string of the molecule is COc1ccc(CCn2c(C)cc(C(=O)C[NH+]3CCCCC3)c2C)cc1OC. The number of carbonyl (C=O) groups is 1. The van der Waals surface area contributed by atoms with Crippen molar-refractivity contribution in [2.45, 2.75) is 46.1 Å². The Hall–Kier alpha value is -2.27. The average Bonchev–Trinajstić information content (AvgIpc) is 3.00. The number of piperidine rings is 1. The molecule has 1 N–H and O–H groups in total. The topological polar surface area (TPSA) is 44.9 Å². The van der Waals surface area contributed by atoms with Crippen LogP contribution in [0.1, 0.15) is 46.6 Å². The Balaban J connectivity index is 1.69. The zero-order chi connectivity index (χ0) is 20.1. The first-order valence-corrected chi connectivity index (χ1v) is 10.3. The van der Waals surface area contributed by atoms with Crippen LogP contribution in [0.2, 0.25) is 0 Å². The number of quaternary nitrogens is 1. The van der Waals surface area contributed by atoms with Gasteiger partial charge in [-0.1, -0.05) is 6.07 Å². The Morgan fingerprint density at radius 2 is 1.75 bits per heavy atom. The second kappa shape index (κ2) is 9.28. The monoisotopic (exact) mass is 385 g/mol. The van der Waals surface area contributed by atoms with E-state index in [4.69, 9.17) is 9.47 Å². The van der Waals surface area contributed by atoms with E-state index in [1.807, 2.05) is 12.1 Å². The van der Waals surface area contributed by atoms with Crippen LogP contribution in [0.3, 0.4) is 0 Å². The van der Waals surface area contributed by atoms with Crippen LogP contribution >= 0.6 is 0 Å². The van der Waals surface area contributed by atoms with Crippen molar-refractivity contribution in [1.29, 1.82) is 0 Å². The summed E-state index contributed by atoms with van der Waals surface area (Å²) in [7, 11) is 3.30. The molecule has 0 radical (unpaired) electrons. The van der Waals surface area contributed by atoms with E-state index in [0.29, 0.717) is 6.54 Å². The van der Waals surface area contributed by atoms with Crippen molar-refractivity contribution in [3.63, 3.8) is 0 Å². The van der Waals surface area contributed by atoms with Crippen LogP contribution in [0.15, 0.2) is 24.3 Å². The van der Waals surface area contributed by atoms with Gasteiger partial charge in [0, 0.05) is 23.5 Å². The number of carbonyl (C=O) groups excluding carboxylic acids is 1. The number of nitrogens with zero attached hydrogens (tertiary/aromatic N) is 1. The molecule has 1 aliphatic rings. The minimum Gasteiger partial charge on any atom is -0.493 e. The van der Waals surface area contributed by atoms with Crippen molar-refractivity contribution in [1.82, 2.24) is 4.57 Å². The lowest BCUT2D eigenvalue weighted by atomic mass is 10.1. The van der Waals surface area contributed by atoms with Crippen molar-refractivity contribution in [2.75, 3.05) is 33.9 Å². The molecule has 2 aromatic rings. The number of methoxy groups -OCH3 is 2. The second-order valence-electron chi connectivity index (χ2n) is 7.79. The van der Waals surface area contributed by atoms with Gasteiger partial charge in [0.1, 0.15) is 6.54 Å². The summed E-state index contributed by atoms with van der Waals surface area (Å²) >= 11 is 0. The molecule has 1 aliphatic heterocycles. The summed E-state index contributed by atoms with van der Waals surface area (Å²) in [4.78, 5) is 14.3. The number of hydrogen-bond acceptors (Lipinski definition) is 3. The molecule has 152 valence electrons. The van der Waals surface area contributed by atoms with E-state index < -0.39 is 0 Å². The Bertz CT molecular complexity index is 819. The molecule has 28 heavy (non-hydrogen) atoms. The minimum atomic E-state index is 0.280. The van der Waals surface area contributed by atoms with Crippen LogP contribution in [0.25, 0.3) is 0 Å². The van der Waals surface area contributed by atoms with Gasteiger partial charge in [0.2, 0.25) is 5.78 Å². The molecule has 1 fully saturated rings. The van der Waals surface area contributed by atoms with E-state index in [1.165, 1.54) is 29.7 Å². The maximum atomic E-state index is 12.9. The summed E-state index contributed by atoms with van der Waals surface area (Å²) in [5.74, 6) is 1.77. The summed E-state index contributed by atoms with van der Waals surface area (Å²) in [6.07, 6.45) is 4.67. The molecule has 0 amide bonds. The summed E-state index contributed by atoms with van der Waals surface area (Å²) in [6, 6.07) is 8.11. The fourth-order valence-corrected chi connectivity index (χ4v) is 4.26. The molecule has 1 aromatic carbocycles. The van der Waals surface area contributed by atoms with Crippen molar-refractivity contribution in [3.8, 4) is 11.5 Å². The Morgan fingerprint density at radius 1 is 1.04 bits per heavy atom. The summed E-state index contributed by atoms with van der Waals surface area (Å²) in [6.45, 7) is 7.89. The van der Waals surface area contributed by atoms with Crippen LogP contribution in [-0.2, 0) is 13.0 Å². The first-order valence-electron chi connectivity index (χ1n) is 10.3. The number of ether oxygens (including phenoxy) is 2. The quantitative estimate of drug-likeness (QED) is 0.711. The van der Waals surface area contributed by atoms with Crippen molar-refractivity contribution in [3.05, 3.63) is 46.8 Å². The van der Waals surface area contributed by atoms with Crippen LogP contribution < -0.4 is 14.4 Å². The van der Waals surface area contributed by atoms with Gasteiger partial charge in [0.15, 0.2) is 11.5 Å². The van der Waals surface area contributed by atoms with Gasteiger partial charge in [-0.25, -0.2) is 0 Å². The average molecular weight is 386 g/mol. The number of ketones is 1. The molecular formula is C23H33N2O3+. The number of aromatic nitrogens is 1. The van der Waals surface area contributed by atoms with Crippen molar-refractivity contribution >= 4 is 5.78 Å². The predicted molar refractivity (Wildman–Crippen MR) is 111 cm³/mol. The zero-order valence-corrected chi connectivity index (χ0v) is 17.6. The molecule has 1 saturated heterocycles. The molecule has 0 atom stereocenters. The molecular weight excluding hydrogens is 352 g/mol. The standard InChI is InChI=1S/C23H32N2O3/c1-17-14-20(21(26)16-24-11-6-5-7-12-24)18(2)25(17)13-10-19-8-9-22(27-3)23(15-19)28-4/h8-9,14-15H,5-7,10-13,16H2,1-4H3/p+1. The normalized spacial score (nSPS) is 14.9. The smallest absolute Gasteiger partial charge is 0.218 e. The number of rotatable bonds is 8. The van der Waals surface area contributed by atoms with Gasteiger partial charge in [-0.15, -0.1) is 0 Å². The molecule has 0 unspecified atom stereocenters. The third-order valence-corrected chi connectivity index (χ3v) is 5.92. The van der Waals surface area contributed by atoms with Gasteiger partial charge in [-0.3, -0.25) is 4.79 Å². The molecule has 5 heteroatoms. The lowest BCUT2D eigenvalue weighted by Crippen LogP contribution is -3.13. The largest absolute Gasteiger partial charge is 0.493 e. The molecule has 5 nitrogen and oxygen atoms in total. The van der Waals surface area contributed by atoms with Gasteiger partial charge in [0.25, 0.3) is 0 Å². The van der Waals surface area contributed by atoms with E-state index in [2.05, 4.69) is 30.5 Å². The highest BCUT2D eigenvalue weighted by atomic mass is 16.5. The minimum absolute atomic E-state index is 0.280. The summed E-state index contributed by atoms with van der Waals surface area (Å²) in [5.41, 5.74) is 4.31. The number of hydrogen-bond donors (Lipinski definition) is 1. The highest BCUT2D eigenvalue weighted by Gasteiger charge is 2.22. The number of nitrogens with one attached hydrogen (secondary N) is 1. The third-order valence-electron chi connectivity index (χ3n) is 5.92. The Labute approximate surface area is 168 Å². The predicted octanol–water partition coefficient (Wildman–Crippen LogP) is 2.62. The molecule has 0 aliphatic carbocycles. The number of benzene rings is 1. The third kappa shape index (κ3) is 4.58. The van der Waals surface area contributed by atoms with Gasteiger partial charge < -0.3 is 18.9 Å². The number of likely N-dealkylation sites (tertiary alicyclic amines) is 1. The number of aryl methyl sites for hydroxylation is 2. The fraction of sp³-hybridized carbons (Fsp3) is 0.522. The van der Waals surface area contributed by atoms with E-state index in [9.17, 15) is 4.79 Å². The fourth-order valence-electron chi connectivity index (χ4n) is 4.26. The van der Waals surface area contributed by atoms with E-state index in [1.54, 1.807) is 14.2 Å². The number of Topliss-reactive ketones (excluding diaryl/α,β-unsaturated/α-hetero) is 1. The van der Waals surface area contributed by atoms with Crippen molar-refractivity contribution < 1.29 is 19.2 Å². The maximum Gasteiger partial charge on any atom is 0.218 e. The van der Waals surface area contributed by atoms with Gasteiger partial charge in [-0.05, 0) is 63.3 Å². The van der Waals surface area contributed by atoms with Crippen LogP contribution in [0.5, 0.6) is 11.5 Å². The highest BCUT2D eigenvalue weighted by molar-refractivity contribution is 5.98. The van der Waals surface area contributed by atoms with E-state index >= 15 is 0 Å². The molecule has 0 bridgehead atoms. The first kappa shape index (κ1) is 20.5. The lowest BCUT2D eigenvalue weighted by molar-refractivity contribution is -0.896. The second-order valence-corrected chi connectivity index (χ2v) is 7.79. The van der Waals surface area contributed by atoms with Crippen LogP contribution in [-0.4, -0.2) is 44.2 Å². The summed E-state index contributed by atoms with van der Waals surface area (Å²) < 4.78 is 13.0. The maximum absolute atomic E-state index is 12.9. The summed E-state index contributed by atoms with van der Waals surface area (Å²) in [5, 5.41) is 0. The molecule has 0 spiro atoms. The van der Waals surface area contributed by atoms with Crippen LogP contribution in [0, 0.1) is 13.8 Å². The van der Waals surface area contributed by atoms with Gasteiger partial charge in [0.05, 0.1) is 27.3 Å². The van der Waals surface area contributed by atoms with E-state index in [-0.39, 0.29) is 5.78 Å². The van der Waals surface area contributed by atoms with Gasteiger partial charge >= 0.3 is 0 Å². The highest BCUT2D eigenvalue weighted by Crippen LogP contribution is 2.28. The first-order chi connectivity index (χ1) is 13.5. The van der Waals surface area contributed by atoms with E-state index in [0.717, 1.165) is 54.5 Å². The van der Waals surface area contributed by atoms with Crippen molar-refractivity contribution in [2.24, 2.45) is 0 Å². The zero-order valence-electron chi connectivity index (χ0n) is 17.6. The molecule has 3 rings (SSSR count). The Kier molecular flexibility index (Phi) is 6.79. The molecule has 0 saturated carbocycles.